The molecule has 1 atom stereocenters. The zero-order valence-electron chi connectivity index (χ0n) is 18.9. The number of piperazine rings is 1. The van der Waals surface area contributed by atoms with Gasteiger partial charge in [0.1, 0.15) is 16.9 Å². The number of ether oxygens (including phenoxy) is 1. The fourth-order valence-corrected chi connectivity index (χ4v) is 4.04. The van der Waals surface area contributed by atoms with Crippen LogP contribution in [0.15, 0.2) is 18.5 Å². The van der Waals surface area contributed by atoms with Gasteiger partial charge in [0.25, 0.3) is 0 Å². The number of nitrogens with zero attached hydrogens (tertiary/aromatic N) is 5. The fraction of sp³-hybridized carbons (Fsp3) is 0.591. The predicted octanol–water partition coefficient (Wildman–Crippen LogP) is 2.02. The maximum absolute atomic E-state index is 12.5. The van der Waals surface area contributed by atoms with Crippen molar-refractivity contribution >= 4 is 34.7 Å². The quantitative estimate of drug-likeness (QED) is 0.741. The van der Waals surface area contributed by atoms with Crippen LogP contribution in [-0.4, -0.2) is 76.7 Å². The van der Waals surface area contributed by atoms with E-state index in [1.165, 1.54) is 0 Å². The number of carbonyl (C=O) groups excluding carboxylic acids is 2. The van der Waals surface area contributed by atoms with Gasteiger partial charge in [0.15, 0.2) is 5.82 Å². The maximum Gasteiger partial charge on any atom is 0.410 e. The summed E-state index contributed by atoms with van der Waals surface area (Å²) in [5.74, 6) is 1.60. The summed E-state index contributed by atoms with van der Waals surface area (Å²) in [5, 5.41) is 6.27. The van der Waals surface area contributed by atoms with Crippen LogP contribution in [0.2, 0.25) is 0 Å². The summed E-state index contributed by atoms with van der Waals surface area (Å²) in [6.07, 6.45) is 4.99. The second-order valence-corrected chi connectivity index (χ2v) is 9.34. The van der Waals surface area contributed by atoms with Gasteiger partial charge in [-0.05, 0) is 39.5 Å². The van der Waals surface area contributed by atoms with Crippen molar-refractivity contribution in [3.8, 4) is 0 Å². The summed E-state index contributed by atoms with van der Waals surface area (Å²) >= 11 is 0. The van der Waals surface area contributed by atoms with Gasteiger partial charge in [0.2, 0.25) is 5.91 Å². The third-order valence-electron chi connectivity index (χ3n) is 5.53. The van der Waals surface area contributed by atoms with Gasteiger partial charge in [-0.2, -0.15) is 0 Å². The van der Waals surface area contributed by atoms with E-state index in [1.54, 1.807) is 17.3 Å². The van der Waals surface area contributed by atoms with E-state index in [1.807, 2.05) is 31.7 Å². The number of fused-ring (bicyclic) bond motifs is 1. The number of piperidine rings is 1. The summed E-state index contributed by atoms with van der Waals surface area (Å²) in [7, 11) is 0. The van der Waals surface area contributed by atoms with Crippen molar-refractivity contribution in [2.45, 2.75) is 39.2 Å². The molecule has 2 aromatic heterocycles. The van der Waals surface area contributed by atoms with Gasteiger partial charge < -0.3 is 25.2 Å². The number of pyridine rings is 1. The molecule has 2 saturated heterocycles. The Kier molecular flexibility index (Phi) is 6.29. The van der Waals surface area contributed by atoms with E-state index in [0.29, 0.717) is 49.9 Å². The Morgan fingerprint density at radius 1 is 1.28 bits per heavy atom. The molecule has 2 aliphatic heterocycles. The number of amides is 2. The Bertz CT molecular complexity index is 991. The first-order valence-electron chi connectivity index (χ1n) is 11.1. The first-order chi connectivity index (χ1) is 15.3. The third kappa shape index (κ3) is 5.35. The smallest absolute Gasteiger partial charge is 0.410 e. The van der Waals surface area contributed by atoms with Crippen molar-refractivity contribution in [3.63, 3.8) is 0 Å². The Balaban J connectivity index is 1.47. The summed E-state index contributed by atoms with van der Waals surface area (Å²) < 4.78 is 5.54. The lowest BCUT2D eigenvalue weighted by molar-refractivity contribution is -0.120. The van der Waals surface area contributed by atoms with Gasteiger partial charge in [-0.15, -0.1) is 0 Å². The number of anilines is 2. The monoisotopic (exact) mass is 441 g/mol. The van der Waals surface area contributed by atoms with E-state index >= 15 is 0 Å². The Labute approximate surface area is 187 Å². The highest BCUT2D eigenvalue weighted by Gasteiger charge is 2.28. The molecule has 0 spiro atoms. The van der Waals surface area contributed by atoms with Crippen molar-refractivity contribution in [2.24, 2.45) is 5.92 Å². The van der Waals surface area contributed by atoms with Crippen molar-refractivity contribution in [1.82, 2.24) is 25.2 Å². The molecule has 0 unspecified atom stereocenters. The second kappa shape index (κ2) is 9.13. The molecule has 0 aromatic carbocycles. The minimum absolute atomic E-state index is 0.0174. The lowest BCUT2D eigenvalue weighted by Crippen LogP contribution is -2.48. The summed E-state index contributed by atoms with van der Waals surface area (Å²) in [6, 6.07) is 1.87. The van der Waals surface area contributed by atoms with Crippen LogP contribution in [-0.2, 0) is 9.53 Å². The molecule has 0 radical (unpaired) electrons. The molecule has 4 heterocycles. The number of nitrogens with one attached hydrogen (secondary N) is 2. The van der Waals surface area contributed by atoms with Crippen molar-refractivity contribution < 1.29 is 14.3 Å². The SMILES string of the molecule is CC(C)(C)OC(=O)N1CCC[C@H](CNc2nc(N3CCNC(=O)C3)cc3nccnc23)C1. The van der Waals surface area contributed by atoms with Crippen LogP contribution < -0.4 is 15.5 Å². The van der Waals surface area contributed by atoms with Gasteiger partial charge in [-0.3, -0.25) is 9.78 Å². The highest BCUT2D eigenvalue weighted by molar-refractivity contribution is 5.89. The van der Waals surface area contributed by atoms with E-state index in [2.05, 4.69) is 20.6 Å². The van der Waals surface area contributed by atoms with Crippen LogP contribution in [0.4, 0.5) is 16.4 Å². The lowest BCUT2D eigenvalue weighted by atomic mass is 9.98. The molecule has 10 nitrogen and oxygen atoms in total. The van der Waals surface area contributed by atoms with E-state index < -0.39 is 5.60 Å². The van der Waals surface area contributed by atoms with Crippen LogP contribution in [0.5, 0.6) is 0 Å². The molecule has 2 amide bonds. The summed E-state index contributed by atoms with van der Waals surface area (Å²) in [6.45, 7) is 9.19. The standard InChI is InChI=1S/C22H31N7O3/c1-22(2,3)32-21(31)29-9-4-5-15(13-29)12-26-20-19-16(23-6-7-25-19)11-17(27-20)28-10-8-24-18(30)14-28/h6-7,11,15H,4-5,8-10,12-14H2,1-3H3,(H,24,30)(H,26,27)/t15-/m1/s1. The van der Waals surface area contributed by atoms with Gasteiger partial charge in [0.05, 0.1) is 12.1 Å². The zero-order valence-corrected chi connectivity index (χ0v) is 18.9. The minimum Gasteiger partial charge on any atom is -0.444 e. The zero-order chi connectivity index (χ0) is 22.7. The van der Waals surface area contributed by atoms with Gasteiger partial charge in [0, 0.05) is 51.2 Å². The predicted molar refractivity (Wildman–Crippen MR) is 122 cm³/mol. The number of carbonyl (C=O) groups is 2. The first-order valence-corrected chi connectivity index (χ1v) is 11.1. The molecule has 2 N–H and O–H groups in total. The number of likely N-dealkylation sites (tertiary alicyclic amines) is 1. The molecule has 0 aliphatic carbocycles. The van der Waals surface area contributed by atoms with Gasteiger partial charge in [-0.25, -0.2) is 14.8 Å². The average molecular weight is 442 g/mol. The molecular weight excluding hydrogens is 410 g/mol. The summed E-state index contributed by atoms with van der Waals surface area (Å²) in [4.78, 5) is 41.7. The molecule has 32 heavy (non-hydrogen) atoms. The molecule has 2 fully saturated rings. The first kappa shape index (κ1) is 22.0. The number of rotatable bonds is 4. The Morgan fingerprint density at radius 3 is 2.88 bits per heavy atom. The van der Waals surface area contributed by atoms with Crippen molar-refractivity contribution in [1.29, 1.82) is 0 Å². The van der Waals surface area contributed by atoms with Gasteiger partial charge in [-0.1, -0.05) is 0 Å². The minimum atomic E-state index is -0.504. The van der Waals surface area contributed by atoms with Crippen LogP contribution in [0.3, 0.4) is 0 Å². The highest BCUT2D eigenvalue weighted by Crippen LogP contribution is 2.25. The molecule has 2 aliphatic rings. The van der Waals surface area contributed by atoms with E-state index in [4.69, 9.17) is 9.72 Å². The molecule has 2 aromatic rings. The van der Waals surface area contributed by atoms with E-state index in [-0.39, 0.29) is 24.5 Å². The van der Waals surface area contributed by atoms with E-state index in [9.17, 15) is 9.59 Å². The summed E-state index contributed by atoms with van der Waals surface area (Å²) in [5.41, 5.74) is 0.915. The Hall–Kier alpha value is -3.17. The second-order valence-electron chi connectivity index (χ2n) is 9.34. The molecule has 10 heteroatoms. The topological polar surface area (TPSA) is 113 Å². The number of hydrogen-bond acceptors (Lipinski definition) is 8. The fourth-order valence-electron chi connectivity index (χ4n) is 4.04. The number of hydrogen-bond donors (Lipinski definition) is 2. The molecule has 4 rings (SSSR count). The Morgan fingerprint density at radius 2 is 2.09 bits per heavy atom. The molecular formula is C22H31N7O3. The normalized spacial score (nSPS) is 19.6. The van der Waals surface area contributed by atoms with Crippen molar-refractivity contribution in [2.75, 3.05) is 49.5 Å². The van der Waals surface area contributed by atoms with Crippen LogP contribution in [0, 0.1) is 5.92 Å². The molecule has 0 saturated carbocycles. The van der Waals surface area contributed by atoms with Crippen molar-refractivity contribution in [3.05, 3.63) is 18.5 Å². The highest BCUT2D eigenvalue weighted by atomic mass is 16.6. The van der Waals surface area contributed by atoms with Gasteiger partial charge >= 0.3 is 6.09 Å². The average Bonchev–Trinajstić information content (AvgIpc) is 2.76. The largest absolute Gasteiger partial charge is 0.444 e. The van der Waals surface area contributed by atoms with Crippen LogP contribution >= 0.6 is 0 Å². The molecule has 0 bridgehead atoms. The number of aromatic nitrogens is 3. The van der Waals surface area contributed by atoms with Crippen LogP contribution in [0.1, 0.15) is 33.6 Å². The van der Waals surface area contributed by atoms with Crippen LogP contribution in [0.25, 0.3) is 11.0 Å². The third-order valence-corrected chi connectivity index (χ3v) is 5.53. The lowest BCUT2D eigenvalue weighted by Gasteiger charge is -2.34. The van der Waals surface area contributed by atoms with E-state index in [0.717, 1.165) is 18.4 Å². The maximum atomic E-state index is 12.5. The molecule has 172 valence electrons.